The summed E-state index contributed by atoms with van der Waals surface area (Å²) in [5.74, 6) is 0.00372. The molecule has 0 atom stereocenters. The van der Waals surface area contributed by atoms with Gasteiger partial charge in [0.15, 0.2) is 0 Å². The molecule has 0 fully saturated rings. The van der Waals surface area contributed by atoms with E-state index in [1.54, 1.807) is 36.5 Å². The molecule has 0 aliphatic heterocycles. The minimum atomic E-state index is 0.00372. The molecular weight excluding hydrogens is 386 g/mol. The molecule has 0 aliphatic carbocycles. The van der Waals surface area contributed by atoms with Gasteiger partial charge in [0.2, 0.25) is 5.91 Å². The number of rotatable bonds is 8. The summed E-state index contributed by atoms with van der Waals surface area (Å²) in [6.07, 6.45) is 3.54. The zero-order valence-corrected chi connectivity index (χ0v) is 16.9. The fourth-order valence-corrected chi connectivity index (χ4v) is 3.17. The lowest BCUT2D eigenvalue weighted by Gasteiger charge is -2.22. The van der Waals surface area contributed by atoms with E-state index in [2.05, 4.69) is 16.4 Å². The van der Waals surface area contributed by atoms with Crippen LogP contribution in [-0.2, 0) is 17.9 Å². The van der Waals surface area contributed by atoms with Crippen molar-refractivity contribution < 1.29 is 4.79 Å². The first kappa shape index (κ1) is 20.4. The molecule has 1 N–H and O–H groups in total. The molecule has 1 aromatic heterocycles. The molecule has 7 heteroatoms. The van der Waals surface area contributed by atoms with Crippen LogP contribution in [0.1, 0.15) is 23.7 Å². The molecule has 0 saturated heterocycles. The summed E-state index contributed by atoms with van der Waals surface area (Å²) >= 11 is 6.00. The van der Waals surface area contributed by atoms with Crippen LogP contribution in [0.25, 0.3) is 0 Å². The Bertz CT molecular complexity index is 1010. The summed E-state index contributed by atoms with van der Waals surface area (Å²) in [5, 5.41) is 12.9. The van der Waals surface area contributed by atoms with Crippen LogP contribution >= 0.6 is 11.6 Å². The van der Waals surface area contributed by atoms with E-state index in [0.717, 1.165) is 16.9 Å². The van der Waals surface area contributed by atoms with Gasteiger partial charge in [-0.15, -0.1) is 0 Å². The van der Waals surface area contributed by atoms with Gasteiger partial charge in [0.1, 0.15) is 0 Å². The van der Waals surface area contributed by atoms with Gasteiger partial charge >= 0.3 is 0 Å². The summed E-state index contributed by atoms with van der Waals surface area (Å²) in [5.41, 5.74) is 3.58. The van der Waals surface area contributed by atoms with Crippen LogP contribution in [0, 0.1) is 11.3 Å². The Morgan fingerprint density at radius 3 is 2.76 bits per heavy atom. The molecule has 0 saturated carbocycles. The highest BCUT2D eigenvalue weighted by Crippen LogP contribution is 2.15. The number of nitriles is 1. The number of nitrogens with one attached hydrogen (secondary N) is 1. The molecule has 1 amide bonds. The molecule has 3 rings (SSSR count). The number of hydrogen-bond acceptors (Lipinski definition) is 4. The van der Waals surface area contributed by atoms with Crippen LogP contribution in [0.15, 0.2) is 61.1 Å². The summed E-state index contributed by atoms with van der Waals surface area (Å²) in [6, 6.07) is 17.1. The van der Waals surface area contributed by atoms with Gasteiger partial charge in [-0.25, -0.2) is 4.98 Å². The number of hydrogen-bond donors (Lipinski definition) is 1. The first-order valence-electron chi connectivity index (χ1n) is 9.28. The van der Waals surface area contributed by atoms with Crippen LogP contribution in [-0.4, -0.2) is 33.4 Å². The first-order valence-corrected chi connectivity index (χ1v) is 9.66. The highest BCUT2D eigenvalue weighted by molar-refractivity contribution is 6.30. The lowest BCUT2D eigenvalue weighted by molar-refractivity contribution is -0.129. The van der Waals surface area contributed by atoms with Crippen molar-refractivity contribution in [3.8, 4) is 6.07 Å². The lowest BCUT2D eigenvalue weighted by Crippen LogP contribution is -2.33. The van der Waals surface area contributed by atoms with E-state index >= 15 is 0 Å². The molecule has 6 nitrogen and oxygen atoms in total. The number of imidazole rings is 1. The molecular formula is C22H22ClN5O. The quantitative estimate of drug-likeness (QED) is 0.614. The Labute approximate surface area is 175 Å². The standard InChI is InChI=1S/C22H22ClN5O/c1-17(29)27(10-9-26-21-4-2-3-20(23)11-21)15-22-13-25-16-28(22)14-19-7-5-18(12-24)6-8-19/h2-8,11,13,16,26H,9-10,14-15H2,1H3. The number of carbonyl (C=O) groups is 1. The normalized spacial score (nSPS) is 10.4. The largest absolute Gasteiger partial charge is 0.383 e. The number of nitrogens with zero attached hydrogens (tertiary/aromatic N) is 4. The minimum Gasteiger partial charge on any atom is -0.383 e. The predicted octanol–water partition coefficient (Wildman–Crippen LogP) is 3.92. The van der Waals surface area contributed by atoms with Crippen molar-refractivity contribution in [1.29, 1.82) is 5.26 Å². The van der Waals surface area contributed by atoms with Gasteiger partial charge in [-0.1, -0.05) is 29.8 Å². The zero-order chi connectivity index (χ0) is 20.6. The van der Waals surface area contributed by atoms with E-state index in [1.807, 2.05) is 41.0 Å². The molecule has 0 aliphatic rings. The van der Waals surface area contributed by atoms with Crippen LogP contribution < -0.4 is 5.32 Å². The smallest absolute Gasteiger partial charge is 0.219 e. The number of amides is 1. The third kappa shape index (κ3) is 5.84. The second-order valence-corrected chi connectivity index (χ2v) is 7.14. The van der Waals surface area contributed by atoms with Gasteiger partial charge in [0.05, 0.1) is 30.2 Å². The Kier molecular flexibility index (Phi) is 6.88. The van der Waals surface area contributed by atoms with Crippen molar-refractivity contribution in [2.75, 3.05) is 18.4 Å². The van der Waals surface area contributed by atoms with Gasteiger partial charge in [-0.05, 0) is 35.9 Å². The Morgan fingerprint density at radius 2 is 2.07 bits per heavy atom. The van der Waals surface area contributed by atoms with Crippen molar-refractivity contribution >= 4 is 23.2 Å². The van der Waals surface area contributed by atoms with Gasteiger partial charge in [-0.3, -0.25) is 4.79 Å². The molecule has 3 aromatic rings. The second kappa shape index (κ2) is 9.76. The second-order valence-electron chi connectivity index (χ2n) is 6.70. The van der Waals surface area contributed by atoms with Crippen LogP contribution in [0.2, 0.25) is 5.02 Å². The summed E-state index contributed by atoms with van der Waals surface area (Å²) in [4.78, 5) is 18.1. The van der Waals surface area contributed by atoms with Crippen molar-refractivity contribution in [2.24, 2.45) is 0 Å². The van der Waals surface area contributed by atoms with Crippen LogP contribution in [0.4, 0.5) is 5.69 Å². The average molecular weight is 408 g/mol. The third-order valence-electron chi connectivity index (χ3n) is 4.57. The summed E-state index contributed by atoms with van der Waals surface area (Å²) in [6.45, 7) is 3.85. The Morgan fingerprint density at radius 1 is 1.28 bits per heavy atom. The fourth-order valence-electron chi connectivity index (χ4n) is 2.98. The van der Waals surface area contributed by atoms with Crippen LogP contribution in [0.3, 0.4) is 0 Å². The minimum absolute atomic E-state index is 0.00372. The SMILES string of the molecule is CC(=O)N(CCNc1cccc(Cl)c1)Cc1cncn1Cc1ccc(C#N)cc1. The maximum Gasteiger partial charge on any atom is 0.219 e. The molecule has 148 valence electrons. The van der Waals surface area contributed by atoms with Gasteiger partial charge in [0, 0.05) is 43.5 Å². The monoisotopic (exact) mass is 407 g/mol. The van der Waals surface area contributed by atoms with E-state index < -0.39 is 0 Å². The fraction of sp³-hybridized carbons (Fsp3) is 0.227. The Balaban J connectivity index is 1.61. The molecule has 0 radical (unpaired) electrons. The van der Waals surface area contributed by atoms with E-state index in [-0.39, 0.29) is 5.91 Å². The molecule has 0 spiro atoms. The maximum atomic E-state index is 12.1. The van der Waals surface area contributed by atoms with Crippen LogP contribution in [0.5, 0.6) is 0 Å². The third-order valence-corrected chi connectivity index (χ3v) is 4.80. The molecule has 0 unspecified atom stereocenters. The predicted molar refractivity (Wildman–Crippen MR) is 114 cm³/mol. The summed E-state index contributed by atoms with van der Waals surface area (Å²) in [7, 11) is 0. The van der Waals surface area contributed by atoms with Gasteiger partial charge in [-0.2, -0.15) is 5.26 Å². The highest BCUT2D eigenvalue weighted by Gasteiger charge is 2.12. The van der Waals surface area contributed by atoms with Crippen molar-refractivity contribution in [3.63, 3.8) is 0 Å². The van der Waals surface area contributed by atoms with E-state index in [4.69, 9.17) is 16.9 Å². The topological polar surface area (TPSA) is 74.0 Å². The molecule has 1 heterocycles. The first-order chi connectivity index (χ1) is 14.0. The highest BCUT2D eigenvalue weighted by atomic mass is 35.5. The zero-order valence-electron chi connectivity index (χ0n) is 16.2. The Hall–Kier alpha value is -3.30. The summed E-state index contributed by atoms with van der Waals surface area (Å²) < 4.78 is 2.02. The van der Waals surface area contributed by atoms with Gasteiger partial charge in [0.25, 0.3) is 0 Å². The number of carbonyl (C=O) groups excluding carboxylic acids is 1. The lowest BCUT2D eigenvalue weighted by atomic mass is 10.1. The van der Waals surface area contributed by atoms with Crippen molar-refractivity contribution in [1.82, 2.24) is 14.5 Å². The number of aromatic nitrogens is 2. The number of anilines is 1. The van der Waals surface area contributed by atoms with Crippen molar-refractivity contribution in [2.45, 2.75) is 20.0 Å². The molecule has 2 aromatic carbocycles. The number of halogens is 1. The molecule has 0 bridgehead atoms. The average Bonchev–Trinajstić information content (AvgIpc) is 3.14. The maximum absolute atomic E-state index is 12.1. The molecule has 29 heavy (non-hydrogen) atoms. The van der Waals surface area contributed by atoms with Crippen molar-refractivity contribution in [3.05, 3.63) is 82.9 Å². The van der Waals surface area contributed by atoms with E-state index in [1.165, 1.54) is 0 Å². The number of benzene rings is 2. The van der Waals surface area contributed by atoms with Gasteiger partial charge < -0.3 is 14.8 Å². The van der Waals surface area contributed by atoms with E-state index in [0.29, 0.717) is 36.8 Å². The van der Waals surface area contributed by atoms with E-state index in [9.17, 15) is 4.79 Å².